The number of hydrogen-bond donors (Lipinski definition) is 0. The van der Waals surface area contributed by atoms with Gasteiger partial charge < -0.3 is 0 Å². The van der Waals surface area contributed by atoms with E-state index in [1.165, 1.54) is 0 Å². The van der Waals surface area contributed by atoms with Crippen LogP contribution >= 0.6 is 0 Å². The van der Waals surface area contributed by atoms with Crippen molar-refractivity contribution in [3.8, 4) is 0 Å². The zero-order valence-electron chi connectivity index (χ0n) is 3.36. The van der Waals surface area contributed by atoms with Gasteiger partial charge in [-0.15, -0.1) is 0 Å². The van der Waals surface area contributed by atoms with E-state index >= 15 is 0 Å². The van der Waals surface area contributed by atoms with Crippen LogP contribution in [0.3, 0.4) is 0 Å². The highest BCUT2D eigenvalue weighted by atomic mass is 19.3. The summed E-state index contributed by atoms with van der Waals surface area (Å²) in [4.78, 5) is 3.06. The predicted molar refractivity (Wildman–Crippen MR) is 21.5 cm³/mol. The summed E-state index contributed by atoms with van der Waals surface area (Å²) in [6, 6.07) is 0. The van der Waals surface area contributed by atoms with Crippen LogP contribution in [0, 0.1) is 0 Å². The molecule has 0 amide bonds. The predicted octanol–water partition coefficient (Wildman–Crippen LogP) is 1.10. The summed E-state index contributed by atoms with van der Waals surface area (Å²) in [6.07, 6.45) is 3.29. The van der Waals surface area contributed by atoms with Crippen molar-refractivity contribution >= 4 is 6.21 Å². The number of alkyl halides is 2. The second-order valence-corrected chi connectivity index (χ2v) is 1.18. The molecule has 0 fully saturated rings. The van der Waals surface area contributed by atoms with Gasteiger partial charge in [0.25, 0.3) is 0 Å². The summed E-state index contributed by atoms with van der Waals surface area (Å²) in [6.45, 7) is 0. The average Bonchev–Trinajstić information content (AvgIpc) is 1.84. The Hall–Kier alpha value is -0.730. The maximum atomic E-state index is 11.7. The summed E-state index contributed by atoms with van der Waals surface area (Å²) in [7, 11) is 0. The van der Waals surface area contributed by atoms with Crippen molar-refractivity contribution in [2.45, 2.75) is 5.92 Å². The van der Waals surface area contributed by atoms with Gasteiger partial charge in [-0.05, 0) is 0 Å². The van der Waals surface area contributed by atoms with E-state index in [1.807, 2.05) is 0 Å². The number of hydrogen-bond acceptors (Lipinski definition) is 1. The number of halogens is 2. The zero-order valence-corrected chi connectivity index (χ0v) is 3.36. The molecule has 0 spiro atoms. The van der Waals surface area contributed by atoms with Gasteiger partial charge in [0.1, 0.15) is 6.21 Å². The standard InChI is InChI=1S/C4H2F2N/c5-4(6)1-2-7-3-4/h1-2H. The molecule has 0 saturated carbocycles. The second kappa shape index (κ2) is 1.12. The molecule has 0 bridgehead atoms. The summed E-state index contributed by atoms with van der Waals surface area (Å²) >= 11 is 0. The van der Waals surface area contributed by atoms with Gasteiger partial charge in [-0.1, -0.05) is 0 Å². The van der Waals surface area contributed by atoms with E-state index in [9.17, 15) is 8.78 Å². The molecule has 1 aliphatic rings. The van der Waals surface area contributed by atoms with E-state index in [-0.39, 0.29) is 0 Å². The van der Waals surface area contributed by atoms with Gasteiger partial charge in [0, 0.05) is 12.3 Å². The molecule has 0 atom stereocenters. The lowest BCUT2D eigenvalue weighted by molar-refractivity contribution is 0.143. The Morgan fingerprint density at radius 1 is 1.57 bits per heavy atom. The van der Waals surface area contributed by atoms with E-state index in [1.54, 1.807) is 6.21 Å². The van der Waals surface area contributed by atoms with E-state index in [2.05, 4.69) is 4.99 Å². The third-order valence-electron chi connectivity index (χ3n) is 0.572. The fourth-order valence-electron chi connectivity index (χ4n) is 0.291. The van der Waals surface area contributed by atoms with E-state index in [4.69, 9.17) is 0 Å². The van der Waals surface area contributed by atoms with Crippen LogP contribution in [0.2, 0.25) is 0 Å². The molecule has 0 aliphatic carbocycles. The lowest BCUT2D eigenvalue weighted by Gasteiger charge is -1.93. The van der Waals surface area contributed by atoms with Crippen LogP contribution in [0.15, 0.2) is 17.3 Å². The van der Waals surface area contributed by atoms with Crippen molar-refractivity contribution in [1.82, 2.24) is 0 Å². The first-order chi connectivity index (χ1) is 3.21. The summed E-state index contributed by atoms with van der Waals surface area (Å²) in [5, 5.41) is 0. The zero-order chi connectivity index (χ0) is 5.33. The van der Waals surface area contributed by atoms with Crippen molar-refractivity contribution in [2.75, 3.05) is 0 Å². The van der Waals surface area contributed by atoms with Crippen LogP contribution < -0.4 is 0 Å². The molecule has 0 aromatic rings. The number of allylic oxidation sites excluding steroid dienone is 1. The van der Waals surface area contributed by atoms with E-state index < -0.39 is 5.92 Å². The van der Waals surface area contributed by atoms with Crippen LogP contribution in [0.25, 0.3) is 0 Å². The van der Waals surface area contributed by atoms with Gasteiger partial charge in [-0.3, -0.25) is 4.99 Å². The van der Waals surface area contributed by atoms with Crippen LogP contribution in [-0.2, 0) is 0 Å². The van der Waals surface area contributed by atoms with Crippen molar-refractivity contribution < 1.29 is 8.78 Å². The molecule has 1 heterocycles. The SMILES string of the molecule is FC1(F)[C]=NC=C1. The maximum Gasteiger partial charge on any atom is 0.311 e. The fourth-order valence-corrected chi connectivity index (χ4v) is 0.291. The molecule has 0 aromatic heterocycles. The third-order valence-corrected chi connectivity index (χ3v) is 0.572. The van der Waals surface area contributed by atoms with Crippen molar-refractivity contribution in [3.05, 3.63) is 12.3 Å². The van der Waals surface area contributed by atoms with Gasteiger partial charge in [0.05, 0.1) is 0 Å². The van der Waals surface area contributed by atoms with Gasteiger partial charge in [0.2, 0.25) is 0 Å². The van der Waals surface area contributed by atoms with Crippen LogP contribution in [0.1, 0.15) is 0 Å². The molecule has 37 valence electrons. The van der Waals surface area contributed by atoms with Crippen molar-refractivity contribution in [2.24, 2.45) is 4.99 Å². The average molecular weight is 102 g/mol. The minimum atomic E-state index is -2.90. The molecule has 1 rings (SSSR count). The Morgan fingerprint density at radius 3 is 2.43 bits per heavy atom. The quantitative estimate of drug-likeness (QED) is 0.434. The molecule has 0 N–H and O–H groups in total. The minimum Gasteiger partial charge on any atom is -0.252 e. The Balaban J connectivity index is 2.77. The highest BCUT2D eigenvalue weighted by molar-refractivity contribution is 5.72. The highest BCUT2D eigenvalue weighted by Gasteiger charge is 2.25. The summed E-state index contributed by atoms with van der Waals surface area (Å²) < 4.78 is 23.3. The van der Waals surface area contributed by atoms with E-state index in [0.29, 0.717) is 6.08 Å². The minimum absolute atomic E-state index is 0.688. The van der Waals surface area contributed by atoms with Gasteiger partial charge in [-0.2, -0.15) is 8.78 Å². The largest absolute Gasteiger partial charge is 0.311 e. The lowest BCUT2D eigenvalue weighted by Crippen LogP contribution is -2.09. The molecule has 1 radical (unpaired) electrons. The molecule has 7 heavy (non-hydrogen) atoms. The Bertz CT molecular complexity index is 112. The first-order valence-electron chi connectivity index (χ1n) is 1.73. The molecule has 1 aliphatic heterocycles. The Morgan fingerprint density at radius 2 is 2.29 bits per heavy atom. The molecule has 0 aromatic carbocycles. The molecular formula is C4H2F2N. The first-order valence-corrected chi connectivity index (χ1v) is 1.73. The van der Waals surface area contributed by atoms with Crippen molar-refractivity contribution in [3.63, 3.8) is 0 Å². The number of rotatable bonds is 0. The third kappa shape index (κ3) is 0.824. The molecular weight excluding hydrogens is 100 g/mol. The normalized spacial score (nSPS) is 23.7. The van der Waals surface area contributed by atoms with Crippen LogP contribution in [0.5, 0.6) is 0 Å². The van der Waals surface area contributed by atoms with E-state index in [0.717, 1.165) is 6.20 Å². The van der Waals surface area contributed by atoms with Crippen LogP contribution in [-0.4, -0.2) is 12.1 Å². The summed E-state index contributed by atoms with van der Waals surface area (Å²) in [5.41, 5.74) is 0. The molecule has 3 heteroatoms. The highest BCUT2D eigenvalue weighted by Crippen LogP contribution is 2.15. The Kier molecular flexibility index (Phi) is 0.708. The monoisotopic (exact) mass is 102 g/mol. The molecule has 1 nitrogen and oxygen atoms in total. The van der Waals surface area contributed by atoms with Gasteiger partial charge in [-0.25, -0.2) is 0 Å². The topological polar surface area (TPSA) is 12.4 Å². The number of nitrogens with zero attached hydrogens (tertiary/aromatic N) is 1. The van der Waals surface area contributed by atoms with Gasteiger partial charge in [0.15, 0.2) is 0 Å². The fraction of sp³-hybridized carbons (Fsp3) is 0.250. The smallest absolute Gasteiger partial charge is 0.252 e. The van der Waals surface area contributed by atoms with Crippen LogP contribution in [0.4, 0.5) is 8.78 Å². The molecule has 0 saturated heterocycles. The van der Waals surface area contributed by atoms with Gasteiger partial charge >= 0.3 is 5.92 Å². The Labute approximate surface area is 39.4 Å². The lowest BCUT2D eigenvalue weighted by atomic mass is 10.4. The summed E-state index contributed by atoms with van der Waals surface area (Å²) in [5.74, 6) is -2.90. The molecule has 0 unspecified atom stereocenters. The van der Waals surface area contributed by atoms with Crippen molar-refractivity contribution in [1.29, 1.82) is 0 Å². The second-order valence-electron chi connectivity index (χ2n) is 1.18. The maximum absolute atomic E-state index is 11.7. The number of aliphatic imine (C=N–C) groups is 1. The first kappa shape index (κ1) is 4.43.